The van der Waals surface area contributed by atoms with E-state index in [0.29, 0.717) is 27.2 Å². The van der Waals surface area contributed by atoms with E-state index in [-0.39, 0.29) is 11.4 Å². The fourth-order valence-corrected chi connectivity index (χ4v) is 4.51. The van der Waals surface area contributed by atoms with Gasteiger partial charge in [0.05, 0.1) is 23.6 Å². The van der Waals surface area contributed by atoms with Crippen LogP contribution in [-0.4, -0.2) is 42.7 Å². The Morgan fingerprint density at radius 3 is 2.53 bits per heavy atom. The van der Waals surface area contributed by atoms with Crippen molar-refractivity contribution in [1.29, 1.82) is 0 Å². The van der Waals surface area contributed by atoms with Gasteiger partial charge in [-0.15, -0.1) is 0 Å². The molecule has 0 aromatic heterocycles. The molecule has 1 saturated heterocycles. The van der Waals surface area contributed by atoms with Crippen molar-refractivity contribution in [3.63, 3.8) is 0 Å². The van der Waals surface area contributed by atoms with Crippen molar-refractivity contribution in [2.45, 2.75) is 0 Å². The van der Waals surface area contributed by atoms with Crippen LogP contribution in [0.2, 0.25) is 0 Å². The Hall–Kier alpha value is -2.05. The van der Waals surface area contributed by atoms with Gasteiger partial charge in [-0.1, -0.05) is 0 Å². The van der Waals surface area contributed by atoms with Gasteiger partial charge in [0.2, 0.25) is 5.91 Å². The van der Waals surface area contributed by atoms with Crippen molar-refractivity contribution in [3.05, 3.63) is 54.9 Å². The summed E-state index contributed by atoms with van der Waals surface area (Å²) in [6, 6.07) is 10.6. The topological polar surface area (TPSA) is 84.9 Å². The van der Waals surface area contributed by atoms with E-state index in [4.69, 9.17) is 9.47 Å². The summed E-state index contributed by atoms with van der Waals surface area (Å²) >= 11 is 6.35. The second-order valence-electron chi connectivity index (χ2n) is 6.06. The summed E-state index contributed by atoms with van der Waals surface area (Å²) in [6.07, 6.45) is 1.58. The Balaban J connectivity index is 1.75. The van der Waals surface area contributed by atoms with E-state index in [1.807, 2.05) is 12.1 Å². The molecule has 1 heterocycles. The van der Waals surface area contributed by atoms with Crippen LogP contribution in [0.15, 0.2) is 45.8 Å². The third-order valence-electron chi connectivity index (χ3n) is 4.06. The number of imide groups is 1. The van der Waals surface area contributed by atoms with Crippen LogP contribution >= 0.6 is 50.3 Å². The van der Waals surface area contributed by atoms with Gasteiger partial charge >= 0.3 is 0 Å². The molecule has 2 aromatic rings. The zero-order valence-corrected chi connectivity index (χ0v) is 20.5. The second-order valence-corrected chi connectivity index (χ2v) is 9.15. The van der Waals surface area contributed by atoms with Crippen molar-refractivity contribution in [1.82, 2.24) is 4.90 Å². The number of halogens is 2. The lowest BCUT2D eigenvalue weighted by molar-refractivity contribution is -0.127. The molecule has 3 amide bonds. The van der Waals surface area contributed by atoms with Crippen LogP contribution in [0, 0.1) is 3.57 Å². The quantitative estimate of drug-likeness (QED) is 0.380. The maximum Gasteiger partial charge on any atom is 0.294 e. The molecule has 0 saturated carbocycles. The highest BCUT2D eigenvalue weighted by Crippen LogP contribution is 2.38. The average molecular weight is 603 g/mol. The molecule has 0 atom stereocenters. The number of benzene rings is 2. The smallest absolute Gasteiger partial charge is 0.294 e. The predicted molar refractivity (Wildman–Crippen MR) is 128 cm³/mol. The van der Waals surface area contributed by atoms with Gasteiger partial charge in [-0.25, -0.2) is 0 Å². The van der Waals surface area contributed by atoms with Crippen LogP contribution in [0.1, 0.15) is 5.56 Å². The molecule has 0 spiro atoms. The lowest BCUT2D eigenvalue weighted by Gasteiger charge is -2.12. The fourth-order valence-electron chi connectivity index (χ4n) is 2.69. The molecule has 1 aliphatic rings. The highest BCUT2D eigenvalue weighted by atomic mass is 127. The summed E-state index contributed by atoms with van der Waals surface area (Å²) in [5, 5.41) is 2.19. The summed E-state index contributed by atoms with van der Waals surface area (Å²) in [7, 11) is 3.03. The third-order valence-corrected chi connectivity index (χ3v) is 6.27. The molecular formula is C20H16BrIN2O5S. The molecule has 10 heteroatoms. The van der Waals surface area contributed by atoms with E-state index in [1.165, 1.54) is 14.2 Å². The zero-order chi connectivity index (χ0) is 21.8. The molecule has 30 heavy (non-hydrogen) atoms. The molecule has 2 aromatic carbocycles. The highest BCUT2D eigenvalue weighted by Gasteiger charge is 2.36. The molecule has 0 radical (unpaired) electrons. The normalized spacial score (nSPS) is 14.9. The van der Waals surface area contributed by atoms with Gasteiger partial charge in [0.15, 0.2) is 11.5 Å². The predicted octanol–water partition coefficient (Wildman–Crippen LogP) is 4.75. The van der Waals surface area contributed by atoms with Gasteiger partial charge in [-0.2, -0.15) is 0 Å². The van der Waals surface area contributed by atoms with Crippen LogP contribution in [0.4, 0.5) is 10.5 Å². The first-order chi connectivity index (χ1) is 14.3. The van der Waals surface area contributed by atoms with Crippen LogP contribution in [0.3, 0.4) is 0 Å². The van der Waals surface area contributed by atoms with Crippen molar-refractivity contribution in [2.75, 3.05) is 26.1 Å². The Labute approximate surface area is 199 Å². The summed E-state index contributed by atoms with van der Waals surface area (Å²) in [4.78, 5) is 38.4. The minimum absolute atomic E-state index is 0.223. The van der Waals surface area contributed by atoms with E-state index in [9.17, 15) is 14.4 Å². The number of carbonyl (C=O) groups excluding carboxylic acids is 3. The Morgan fingerprint density at radius 1 is 1.20 bits per heavy atom. The molecule has 1 fully saturated rings. The van der Waals surface area contributed by atoms with Gasteiger partial charge in [-0.05, 0) is 98.3 Å². The SMILES string of the molecule is COc1cc(/C=C2/SC(=O)N(CC(=O)Nc3ccc(I)cc3)C2=O)cc(Br)c1OC. The summed E-state index contributed by atoms with van der Waals surface area (Å²) in [6.45, 7) is -0.358. The van der Waals surface area contributed by atoms with Gasteiger partial charge in [0.25, 0.3) is 11.1 Å². The minimum Gasteiger partial charge on any atom is -0.493 e. The van der Waals surface area contributed by atoms with E-state index >= 15 is 0 Å². The summed E-state index contributed by atoms with van der Waals surface area (Å²) in [5.74, 6) is 0.0339. The molecular weight excluding hydrogens is 587 g/mol. The number of methoxy groups -OCH3 is 2. The fraction of sp³-hybridized carbons (Fsp3) is 0.150. The van der Waals surface area contributed by atoms with E-state index < -0.39 is 17.1 Å². The number of amides is 3. The number of hydrogen-bond donors (Lipinski definition) is 1. The maximum atomic E-state index is 12.7. The molecule has 0 aliphatic carbocycles. The Kier molecular flexibility index (Phi) is 7.42. The summed E-state index contributed by atoms with van der Waals surface area (Å²) < 4.78 is 12.3. The first-order valence-electron chi connectivity index (χ1n) is 8.54. The largest absolute Gasteiger partial charge is 0.493 e. The van der Waals surface area contributed by atoms with E-state index in [2.05, 4.69) is 43.8 Å². The number of hydrogen-bond acceptors (Lipinski definition) is 6. The highest BCUT2D eigenvalue weighted by molar-refractivity contribution is 14.1. The van der Waals surface area contributed by atoms with Crippen LogP contribution in [0.5, 0.6) is 11.5 Å². The molecule has 0 unspecified atom stereocenters. The number of anilines is 1. The van der Waals surface area contributed by atoms with Crippen molar-refractivity contribution in [2.24, 2.45) is 0 Å². The molecule has 3 rings (SSSR count). The van der Waals surface area contributed by atoms with E-state index in [0.717, 1.165) is 20.2 Å². The lowest BCUT2D eigenvalue weighted by atomic mass is 10.2. The first-order valence-corrected chi connectivity index (χ1v) is 11.2. The third kappa shape index (κ3) is 5.16. The van der Waals surface area contributed by atoms with Crippen LogP contribution in [-0.2, 0) is 9.59 Å². The standard InChI is InChI=1S/C20H16BrIN2O5S/c1-28-15-8-11(7-14(21)18(15)29-2)9-16-19(26)24(20(27)30-16)10-17(25)23-13-5-3-12(22)4-6-13/h3-9H,10H2,1-2H3,(H,23,25)/b16-9+. The van der Waals surface area contributed by atoms with Gasteiger partial charge < -0.3 is 14.8 Å². The number of nitrogens with one attached hydrogen (secondary N) is 1. The summed E-state index contributed by atoms with van der Waals surface area (Å²) in [5.41, 5.74) is 1.24. The Bertz CT molecular complexity index is 1040. The number of rotatable bonds is 6. The van der Waals surface area contributed by atoms with Gasteiger partial charge in [-0.3, -0.25) is 19.3 Å². The minimum atomic E-state index is -0.520. The van der Waals surface area contributed by atoms with Crippen molar-refractivity contribution >= 4 is 79.1 Å². The van der Waals surface area contributed by atoms with Crippen molar-refractivity contribution in [3.8, 4) is 11.5 Å². The zero-order valence-electron chi connectivity index (χ0n) is 15.9. The monoisotopic (exact) mass is 602 g/mol. The molecule has 1 aliphatic heterocycles. The first kappa shape index (κ1) is 22.6. The van der Waals surface area contributed by atoms with Gasteiger partial charge in [0.1, 0.15) is 6.54 Å². The maximum absolute atomic E-state index is 12.7. The van der Waals surface area contributed by atoms with Crippen LogP contribution in [0.25, 0.3) is 6.08 Å². The number of thioether (sulfide) groups is 1. The van der Waals surface area contributed by atoms with Crippen LogP contribution < -0.4 is 14.8 Å². The molecule has 7 nitrogen and oxygen atoms in total. The lowest BCUT2D eigenvalue weighted by Crippen LogP contribution is -2.36. The van der Waals surface area contributed by atoms with Gasteiger partial charge in [0, 0.05) is 9.26 Å². The Morgan fingerprint density at radius 2 is 1.90 bits per heavy atom. The average Bonchev–Trinajstić information content (AvgIpc) is 2.96. The van der Waals surface area contributed by atoms with E-state index in [1.54, 1.807) is 30.3 Å². The van der Waals surface area contributed by atoms with Crippen molar-refractivity contribution < 1.29 is 23.9 Å². The molecule has 156 valence electrons. The number of ether oxygens (including phenoxy) is 2. The number of carbonyl (C=O) groups is 3. The molecule has 1 N–H and O–H groups in total. The second kappa shape index (κ2) is 9.84. The number of nitrogens with zero attached hydrogens (tertiary/aromatic N) is 1. The molecule has 0 bridgehead atoms.